The molecule has 1 aliphatic carbocycles. The lowest BCUT2D eigenvalue weighted by molar-refractivity contribution is -0.145. The Morgan fingerprint density at radius 3 is 2.86 bits per heavy atom. The largest absolute Gasteiger partial charge is 0.465 e. The molecule has 1 heterocycles. The molecule has 2 rings (SSSR count). The average molecular weight is 312 g/mol. The van der Waals surface area contributed by atoms with Gasteiger partial charge < -0.3 is 9.26 Å². The smallest absolute Gasteiger partial charge is 0.318 e. The van der Waals surface area contributed by atoms with Gasteiger partial charge in [-0.05, 0) is 26.2 Å². The van der Waals surface area contributed by atoms with Crippen LogP contribution in [-0.2, 0) is 15.3 Å². The molecule has 0 saturated heterocycles. The van der Waals surface area contributed by atoms with Gasteiger partial charge in [0, 0.05) is 5.25 Å². The number of hydrogen-bond donors (Lipinski definition) is 0. The van der Waals surface area contributed by atoms with Crippen LogP contribution in [0.5, 0.6) is 0 Å². The zero-order valence-electron chi connectivity index (χ0n) is 12.8. The van der Waals surface area contributed by atoms with Gasteiger partial charge in [-0.3, -0.25) is 4.79 Å². The Kier molecular flexibility index (Phi) is 6.54. The van der Waals surface area contributed by atoms with Crippen LogP contribution in [0.4, 0.5) is 0 Å². The van der Waals surface area contributed by atoms with E-state index in [4.69, 9.17) is 9.26 Å². The van der Waals surface area contributed by atoms with Crippen molar-refractivity contribution in [2.45, 2.75) is 69.3 Å². The third-order valence-corrected chi connectivity index (χ3v) is 5.05. The van der Waals surface area contributed by atoms with Crippen LogP contribution in [0.3, 0.4) is 0 Å². The van der Waals surface area contributed by atoms with E-state index in [1.165, 1.54) is 25.7 Å². The molecular formula is C15H24N2O3S. The Labute approximate surface area is 130 Å². The van der Waals surface area contributed by atoms with Crippen molar-refractivity contribution in [1.82, 2.24) is 10.1 Å². The average Bonchev–Trinajstić information content (AvgIpc) is 3.14. The molecule has 21 heavy (non-hydrogen) atoms. The number of nitrogens with zero attached hydrogens (tertiary/aromatic N) is 2. The zero-order chi connectivity index (χ0) is 15.1. The van der Waals surface area contributed by atoms with E-state index in [0.717, 1.165) is 17.4 Å². The van der Waals surface area contributed by atoms with E-state index >= 15 is 0 Å². The first-order valence-electron chi connectivity index (χ1n) is 7.85. The highest BCUT2D eigenvalue weighted by Crippen LogP contribution is 2.31. The number of hydrogen-bond acceptors (Lipinski definition) is 6. The van der Waals surface area contributed by atoms with Crippen LogP contribution in [0.25, 0.3) is 0 Å². The maximum absolute atomic E-state index is 12.0. The molecule has 0 bridgehead atoms. The highest BCUT2D eigenvalue weighted by Gasteiger charge is 2.27. The summed E-state index contributed by atoms with van der Waals surface area (Å²) < 4.78 is 10.4. The molecule has 1 aliphatic rings. The summed E-state index contributed by atoms with van der Waals surface area (Å²) in [6.45, 7) is 4.20. The number of thioether (sulfide) groups is 1. The van der Waals surface area contributed by atoms with Gasteiger partial charge in [-0.15, -0.1) is 0 Å². The predicted octanol–water partition coefficient (Wildman–Crippen LogP) is 3.69. The van der Waals surface area contributed by atoms with Crippen LogP contribution in [0.2, 0.25) is 0 Å². The fourth-order valence-corrected chi connectivity index (χ4v) is 3.76. The van der Waals surface area contributed by atoms with Crippen molar-refractivity contribution < 1.29 is 14.1 Å². The molecule has 0 amide bonds. The molecular weight excluding hydrogens is 288 g/mol. The molecule has 0 radical (unpaired) electrons. The summed E-state index contributed by atoms with van der Waals surface area (Å²) in [5.74, 6) is 1.16. The van der Waals surface area contributed by atoms with Gasteiger partial charge in [-0.1, -0.05) is 31.3 Å². The van der Waals surface area contributed by atoms with Gasteiger partial charge in [0.1, 0.15) is 5.92 Å². The SMILES string of the molecule is CCCC(C(=O)OCC)c1nc(CSC2CCCC2)no1. The molecule has 1 aromatic rings. The normalized spacial score (nSPS) is 17.0. The third kappa shape index (κ3) is 4.73. The van der Waals surface area contributed by atoms with Crippen molar-refractivity contribution >= 4 is 17.7 Å². The fraction of sp³-hybridized carbons (Fsp3) is 0.800. The summed E-state index contributed by atoms with van der Waals surface area (Å²) in [6.07, 6.45) is 6.79. The standard InChI is InChI=1S/C15H24N2O3S/c1-3-7-12(15(18)19-4-2)14-16-13(17-20-14)10-21-11-8-5-6-9-11/h11-12H,3-10H2,1-2H3. The Balaban J connectivity index is 1.93. The van der Waals surface area contributed by atoms with Crippen LogP contribution < -0.4 is 0 Å². The van der Waals surface area contributed by atoms with Crippen LogP contribution in [0.1, 0.15) is 70.0 Å². The minimum absolute atomic E-state index is 0.266. The first kappa shape index (κ1) is 16.3. The number of esters is 1. The van der Waals surface area contributed by atoms with Crippen molar-refractivity contribution in [3.8, 4) is 0 Å². The summed E-state index contributed by atoms with van der Waals surface area (Å²) in [6, 6.07) is 0. The van der Waals surface area contributed by atoms with E-state index in [9.17, 15) is 4.79 Å². The molecule has 0 aromatic carbocycles. The molecule has 1 aromatic heterocycles. The molecule has 1 fully saturated rings. The molecule has 118 valence electrons. The van der Waals surface area contributed by atoms with Crippen molar-refractivity contribution in [2.24, 2.45) is 0 Å². The predicted molar refractivity (Wildman–Crippen MR) is 82.1 cm³/mol. The maximum Gasteiger partial charge on any atom is 0.318 e. The van der Waals surface area contributed by atoms with E-state index in [0.29, 0.717) is 24.7 Å². The van der Waals surface area contributed by atoms with Crippen molar-refractivity contribution in [3.05, 3.63) is 11.7 Å². The van der Waals surface area contributed by atoms with Crippen LogP contribution in [0, 0.1) is 0 Å². The third-order valence-electron chi connectivity index (χ3n) is 3.68. The Bertz CT molecular complexity index is 444. The number of rotatable bonds is 8. The van der Waals surface area contributed by atoms with Crippen LogP contribution >= 0.6 is 11.8 Å². The Morgan fingerprint density at radius 1 is 1.43 bits per heavy atom. The molecule has 0 aliphatic heterocycles. The molecule has 6 heteroatoms. The summed E-state index contributed by atoms with van der Waals surface area (Å²) in [7, 11) is 0. The van der Waals surface area contributed by atoms with E-state index in [2.05, 4.69) is 10.1 Å². The topological polar surface area (TPSA) is 65.2 Å². The van der Waals surface area contributed by atoms with E-state index in [1.54, 1.807) is 6.92 Å². The van der Waals surface area contributed by atoms with Gasteiger partial charge in [0.15, 0.2) is 5.82 Å². The number of aromatic nitrogens is 2. The quantitative estimate of drug-likeness (QED) is 0.682. The van der Waals surface area contributed by atoms with E-state index in [1.807, 2.05) is 18.7 Å². The summed E-state index contributed by atoms with van der Waals surface area (Å²) in [5.41, 5.74) is 0. The lowest BCUT2D eigenvalue weighted by atomic mass is 10.0. The highest BCUT2D eigenvalue weighted by atomic mass is 32.2. The minimum atomic E-state index is -0.423. The minimum Gasteiger partial charge on any atom is -0.465 e. The van der Waals surface area contributed by atoms with Crippen molar-refractivity contribution in [1.29, 1.82) is 0 Å². The molecule has 0 spiro atoms. The molecule has 0 N–H and O–H groups in total. The number of carbonyl (C=O) groups excluding carboxylic acids is 1. The van der Waals surface area contributed by atoms with Gasteiger partial charge in [-0.25, -0.2) is 0 Å². The summed E-state index contributed by atoms with van der Waals surface area (Å²) in [4.78, 5) is 16.3. The van der Waals surface area contributed by atoms with Gasteiger partial charge in [0.05, 0.1) is 12.4 Å². The molecule has 1 saturated carbocycles. The Hall–Kier alpha value is -1.04. The van der Waals surface area contributed by atoms with Crippen LogP contribution in [-0.4, -0.2) is 28.0 Å². The van der Waals surface area contributed by atoms with E-state index < -0.39 is 5.92 Å². The maximum atomic E-state index is 12.0. The van der Waals surface area contributed by atoms with Gasteiger partial charge in [0.25, 0.3) is 0 Å². The second kappa shape index (κ2) is 8.41. The zero-order valence-corrected chi connectivity index (χ0v) is 13.7. The Morgan fingerprint density at radius 2 is 2.19 bits per heavy atom. The fourth-order valence-electron chi connectivity index (χ4n) is 2.59. The highest BCUT2D eigenvalue weighted by molar-refractivity contribution is 7.99. The van der Waals surface area contributed by atoms with Crippen LogP contribution in [0.15, 0.2) is 4.52 Å². The second-order valence-electron chi connectivity index (χ2n) is 5.36. The first-order chi connectivity index (χ1) is 10.2. The van der Waals surface area contributed by atoms with Gasteiger partial charge in [-0.2, -0.15) is 16.7 Å². The molecule has 1 unspecified atom stereocenters. The second-order valence-corrected chi connectivity index (χ2v) is 6.65. The lowest BCUT2D eigenvalue weighted by Crippen LogP contribution is -2.16. The number of ether oxygens (including phenoxy) is 1. The monoisotopic (exact) mass is 312 g/mol. The lowest BCUT2D eigenvalue weighted by Gasteiger charge is -2.09. The molecule has 1 atom stereocenters. The summed E-state index contributed by atoms with van der Waals surface area (Å²) >= 11 is 1.89. The van der Waals surface area contributed by atoms with Crippen molar-refractivity contribution in [3.63, 3.8) is 0 Å². The van der Waals surface area contributed by atoms with Crippen molar-refractivity contribution in [2.75, 3.05) is 6.61 Å². The van der Waals surface area contributed by atoms with E-state index in [-0.39, 0.29) is 5.97 Å². The first-order valence-corrected chi connectivity index (χ1v) is 8.90. The summed E-state index contributed by atoms with van der Waals surface area (Å²) in [5, 5.41) is 4.73. The molecule has 5 nitrogen and oxygen atoms in total. The number of carbonyl (C=O) groups is 1. The van der Waals surface area contributed by atoms with Gasteiger partial charge >= 0.3 is 5.97 Å². The van der Waals surface area contributed by atoms with Gasteiger partial charge in [0.2, 0.25) is 5.89 Å².